The molecule has 0 aromatic heterocycles. The number of aryl methyl sites for hydroxylation is 1. The molecule has 2 heteroatoms. The standard InChI is InChI=1S/C14H22OS/c1-14(2,3)16-11-13(15)10-9-12-7-5-4-6-8-12/h4-8,13,15H,9-11H2,1-3H3. The summed E-state index contributed by atoms with van der Waals surface area (Å²) in [6, 6.07) is 10.3. The van der Waals surface area contributed by atoms with Gasteiger partial charge in [0.25, 0.3) is 0 Å². The molecular formula is C14H22OS. The molecule has 0 bridgehead atoms. The lowest BCUT2D eigenvalue weighted by atomic mass is 10.1. The Kier molecular flexibility index (Phi) is 5.36. The minimum absolute atomic E-state index is 0.190. The fourth-order valence-corrected chi connectivity index (χ4v) is 2.27. The molecule has 0 saturated carbocycles. The van der Waals surface area contributed by atoms with Crippen LogP contribution < -0.4 is 0 Å². The molecule has 1 unspecified atom stereocenters. The zero-order valence-corrected chi connectivity index (χ0v) is 11.3. The maximum Gasteiger partial charge on any atom is 0.0634 e. The zero-order valence-electron chi connectivity index (χ0n) is 10.4. The largest absolute Gasteiger partial charge is 0.392 e. The second kappa shape index (κ2) is 6.31. The van der Waals surface area contributed by atoms with Crippen molar-refractivity contribution in [2.75, 3.05) is 5.75 Å². The molecule has 1 N–H and O–H groups in total. The Bertz CT molecular complexity index is 289. The van der Waals surface area contributed by atoms with Crippen LogP contribution in [-0.4, -0.2) is 21.7 Å². The summed E-state index contributed by atoms with van der Waals surface area (Å²) in [4.78, 5) is 0. The van der Waals surface area contributed by atoms with E-state index >= 15 is 0 Å². The molecule has 0 heterocycles. The lowest BCUT2D eigenvalue weighted by molar-refractivity contribution is 0.189. The van der Waals surface area contributed by atoms with Gasteiger partial charge in [-0.25, -0.2) is 0 Å². The van der Waals surface area contributed by atoms with Gasteiger partial charge in [0.15, 0.2) is 0 Å². The Morgan fingerprint density at radius 1 is 1.19 bits per heavy atom. The van der Waals surface area contributed by atoms with Crippen LogP contribution in [0, 0.1) is 0 Å². The number of rotatable bonds is 5. The summed E-state index contributed by atoms with van der Waals surface area (Å²) >= 11 is 1.83. The summed E-state index contributed by atoms with van der Waals surface area (Å²) in [7, 11) is 0. The Labute approximate surface area is 103 Å². The van der Waals surface area contributed by atoms with E-state index in [-0.39, 0.29) is 10.9 Å². The maximum atomic E-state index is 9.85. The normalized spacial score (nSPS) is 13.8. The van der Waals surface area contributed by atoms with E-state index in [1.54, 1.807) is 0 Å². The number of hydrogen-bond acceptors (Lipinski definition) is 2. The highest BCUT2D eigenvalue weighted by Crippen LogP contribution is 2.24. The molecule has 0 amide bonds. The van der Waals surface area contributed by atoms with Crippen molar-refractivity contribution in [3.8, 4) is 0 Å². The van der Waals surface area contributed by atoms with E-state index < -0.39 is 0 Å². The molecule has 90 valence electrons. The first-order valence-corrected chi connectivity index (χ1v) is 6.82. The topological polar surface area (TPSA) is 20.2 Å². The van der Waals surface area contributed by atoms with Crippen LogP contribution in [0.5, 0.6) is 0 Å². The van der Waals surface area contributed by atoms with E-state index in [1.807, 2.05) is 30.0 Å². The SMILES string of the molecule is CC(C)(C)SCC(O)CCc1ccccc1. The van der Waals surface area contributed by atoms with E-state index in [1.165, 1.54) is 5.56 Å². The molecule has 1 nitrogen and oxygen atoms in total. The van der Waals surface area contributed by atoms with Gasteiger partial charge in [0.2, 0.25) is 0 Å². The van der Waals surface area contributed by atoms with Crippen LogP contribution in [0.4, 0.5) is 0 Å². The number of benzene rings is 1. The Hall–Kier alpha value is -0.470. The van der Waals surface area contributed by atoms with Gasteiger partial charge in [0.1, 0.15) is 0 Å². The van der Waals surface area contributed by atoms with Gasteiger partial charge in [-0.2, -0.15) is 11.8 Å². The summed E-state index contributed by atoms with van der Waals surface area (Å²) in [5.74, 6) is 0.830. The van der Waals surface area contributed by atoms with Crippen molar-refractivity contribution >= 4 is 11.8 Å². The Balaban J connectivity index is 2.23. The van der Waals surface area contributed by atoms with Crippen molar-refractivity contribution in [3.63, 3.8) is 0 Å². The van der Waals surface area contributed by atoms with Crippen LogP contribution in [-0.2, 0) is 6.42 Å². The molecule has 0 aliphatic carbocycles. The van der Waals surface area contributed by atoms with Gasteiger partial charge in [-0.3, -0.25) is 0 Å². The highest BCUT2D eigenvalue weighted by molar-refractivity contribution is 8.00. The van der Waals surface area contributed by atoms with Crippen LogP contribution in [0.1, 0.15) is 32.8 Å². The molecule has 0 radical (unpaired) electrons. The van der Waals surface area contributed by atoms with Crippen molar-refractivity contribution in [2.24, 2.45) is 0 Å². The van der Waals surface area contributed by atoms with Crippen molar-refractivity contribution in [1.29, 1.82) is 0 Å². The number of aliphatic hydroxyl groups is 1. The van der Waals surface area contributed by atoms with E-state index in [4.69, 9.17) is 0 Å². The molecule has 1 aromatic carbocycles. The lowest BCUT2D eigenvalue weighted by Gasteiger charge is -2.20. The fourth-order valence-electron chi connectivity index (χ4n) is 1.41. The van der Waals surface area contributed by atoms with E-state index in [9.17, 15) is 5.11 Å². The van der Waals surface area contributed by atoms with Crippen LogP contribution in [0.3, 0.4) is 0 Å². The first-order valence-electron chi connectivity index (χ1n) is 5.83. The van der Waals surface area contributed by atoms with Crippen molar-refractivity contribution in [1.82, 2.24) is 0 Å². The third-order valence-corrected chi connectivity index (χ3v) is 3.74. The average molecular weight is 238 g/mol. The molecule has 0 spiro atoms. The van der Waals surface area contributed by atoms with E-state index in [2.05, 4.69) is 32.9 Å². The van der Waals surface area contributed by atoms with Crippen molar-refractivity contribution < 1.29 is 5.11 Å². The molecular weight excluding hydrogens is 216 g/mol. The summed E-state index contributed by atoms with van der Waals surface area (Å²) in [6.45, 7) is 6.55. The first kappa shape index (κ1) is 13.6. The minimum Gasteiger partial charge on any atom is -0.392 e. The second-order valence-electron chi connectivity index (χ2n) is 5.10. The van der Waals surface area contributed by atoms with E-state index in [0.29, 0.717) is 0 Å². The fraction of sp³-hybridized carbons (Fsp3) is 0.571. The maximum absolute atomic E-state index is 9.85. The van der Waals surface area contributed by atoms with Gasteiger partial charge in [-0.05, 0) is 18.4 Å². The molecule has 1 aromatic rings. The Morgan fingerprint density at radius 3 is 2.38 bits per heavy atom. The van der Waals surface area contributed by atoms with Gasteiger partial charge in [0, 0.05) is 10.5 Å². The highest BCUT2D eigenvalue weighted by atomic mass is 32.2. The van der Waals surface area contributed by atoms with E-state index in [0.717, 1.165) is 18.6 Å². The van der Waals surface area contributed by atoms with Crippen LogP contribution in [0.2, 0.25) is 0 Å². The molecule has 0 aliphatic rings. The quantitative estimate of drug-likeness (QED) is 0.847. The third kappa shape index (κ3) is 6.19. The predicted octanol–water partition coefficient (Wildman–Crippen LogP) is 3.51. The number of thioether (sulfide) groups is 1. The van der Waals surface area contributed by atoms with Crippen LogP contribution in [0.15, 0.2) is 30.3 Å². The van der Waals surface area contributed by atoms with Crippen LogP contribution in [0.25, 0.3) is 0 Å². The molecule has 0 fully saturated rings. The summed E-state index contributed by atoms with van der Waals surface area (Å²) in [6.07, 6.45) is 1.63. The van der Waals surface area contributed by atoms with Gasteiger partial charge < -0.3 is 5.11 Å². The Morgan fingerprint density at radius 2 is 1.81 bits per heavy atom. The highest BCUT2D eigenvalue weighted by Gasteiger charge is 2.13. The average Bonchev–Trinajstić information content (AvgIpc) is 2.24. The van der Waals surface area contributed by atoms with Crippen molar-refractivity contribution in [2.45, 2.75) is 44.5 Å². The van der Waals surface area contributed by atoms with Gasteiger partial charge >= 0.3 is 0 Å². The summed E-state index contributed by atoms with van der Waals surface area (Å²) in [5, 5.41) is 9.85. The van der Waals surface area contributed by atoms with Crippen LogP contribution >= 0.6 is 11.8 Å². The minimum atomic E-state index is -0.190. The monoisotopic (exact) mass is 238 g/mol. The molecule has 1 rings (SSSR count). The zero-order chi connectivity index (χ0) is 12.0. The summed E-state index contributed by atoms with van der Waals surface area (Å²) < 4.78 is 0.244. The second-order valence-corrected chi connectivity index (χ2v) is 6.95. The molecule has 0 saturated heterocycles. The molecule has 1 atom stereocenters. The molecule has 0 aliphatic heterocycles. The molecule has 16 heavy (non-hydrogen) atoms. The number of hydrogen-bond donors (Lipinski definition) is 1. The van der Waals surface area contributed by atoms with Gasteiger partial charge in [0.05, 0.1) is 6.10 Å². The van der Waals surface area contributed by atoms with Gasteiger partial charge in [-0.1, -0.05) is 51.1 Å². The summed E-state index contributed by atoms with van der Waals surface area (Å²) in [5.41, 5.74) is 1.31. The van der Waals surface area contributed by atoms with Gasteiger partial charge in [-0.15, -0.1) is 0 Å². The lowest BCUT2D eigenvalue weighted by Crippen LogP contribution is -2.17. The predicted molar refractivity (Wildman–Crippen MR) is 73.0 cm³/mol. The first-order chi connectivity index (χ1) is 7.47. The smallest absolute Gasteiger partial charge is 0.0634 e. The third-order valence-electron chi connectivity index (χ3n) is 2.32. The number of aliphatic hydroxyl groups excluding tert-OH is 1. The van der Waals surface area contributed by atoms with Crippen molar-refractivity contribution in [3.05, 3.63) is 35.9 Å².